The maximum Gasteiger partial charge on any atom is 0.241 e. The topological polar surface area (TPSA) is 88.4 Å². The van der Waals surface area contributed by atoms with Crippen molar-refractivity contribution < 1.29 is 17.6 Å². The van der Waals surface area contributed by atoms with Crippen LogP contribution < -0.4 is 10.0 Å². The zero-order valence-corrected chi connectivity index (χ0v) is 14.9. The second-order valence-electron chi connectivity index (χ2n) is 5.59. The van der Waals surface area contributed by atoms with Crippen LogP contribution in [-0.4, -0.2) is 20.4 Å². The molecule has 0 bridgehead atoms. The normalized spacial score (nSPS) is 13.0. The molecule has 2 rings (SSSR count). The Morgan fingerprint density at radius 2 is 1.88 bits per heavy atom. The third-order valence-electron chi connectivity index (χ3n) is 3.37. The Balaban J connectivity index is 2.09. The summed E-state index contributed by atoms with van der Waals surface area (Å²) in [5.41, 5.74) is 0. The van der Waals surface area contributed by atoms with Gasteiger partial charge in [-0.15, -0.1) is 0 Å². The first-order valence-electron chi connectivity index (χ1n) is 7.37. The molecule has 0 aliphatic carbocycles. The first kappa shape index (κ1) is 18.5. The van der Waals surface area contributed by atoms with E-state index in [1.165, 1.54) is 30.5 Å². The summed E-state index contributed by atoms with van der Waals surface area (Å²) < 4.78 is 32.5. The highest BCUT2D eigenvalue weighted by molar-refractivity contribution is 7.89. The maximum absolute atomic E-state index is 12.4. The molecule has 1 aromatic carbocycles. The highest BCUT2D eigenvalue weighted by Crippen LogP contribution is 2.15. The predicted molar refractivity (Wildman–Crippen MR) is 91.0 cm³/mol. The fourth-order valence-electron chi connectivity index (χ4n) is 2.04. The molecule has 0 spiro atoms. The molecule has 24 heavy (non-hydrogen) atoms. The molecule has 1 atom stereocenters. The predicted octanol–water partition coefficient (Wildman–Crippen LogP) is 2.55. The summed E-state index contributed by atoms with van der Waals surface area (Å²) in [6.07, 6.45) is 1.50. The molecule has 6 nitrogen and oxygen atoms in total. The lowest BCUT2D eigenvalue weighted by Crippen LogP contribution is -2.49. The van der Waals surface area contributed by atoms with Crippen LogP contribution in [0.4, 0.5) is 0 Å². The van der Waals surface area contributed by atoms with E-state index in [1.54, 1.807) is 26.0 Å². The summed E-state index contributed by atoms with van der Waals surface area (Å²) in [6.45, 7) is 3.72. The summed E-state index contributed by atoms with van der Waals surface area (Å²) in [5, 5.41) is 3.10. The molecule has 2 N–H and O–H groups in total. The van der Waals surface area contributed by atoms with Gasteiger partial charge in [0.15, 0.2) is 0 Å². The average Bonchev–Trinajstić information content (AvgIpc) is 3.04. The molecule has 0 fully saturated rings. The van der Waals surface area contributed by atoms with Crippen LogP contribution in [0.1, 0.15) is 19.6 Å². The Morgan fingerprint density at radius 1 is 1.21 bits per heavy atom. The van der Waals surface area contributed by atoms with Crippen molar-refractivity contribution in [2.75, 3.05) is 0 Å². The minimum atomic E-state index is -3.83. The van der Waals surface area contributed by atoms with Crippen molar-refractivity contribution in [3.63, 3.8) is 0 Å². The van der Waals surface area contributed by atoms with Gasteiger partial charge in [-0.05, 0) is 42.3 Å². The number of furan rings is 1. The molecule has 130 valence electrons. The van der Waals surface area contributed by atoms with Crippen LogP contribution >= 0.6 is 11.6 Å². The van der Waals surface area contributed by atoms with E-state index in [9.17, 15) is 13.2 Å². The first-order chi connectivity index (χ1) is 11.3. The van der Waals surface area contributed by atoms with E-state index in [2.05, 4.69) is 10.0 Å². The number of benzene rings is 1. The number of halogens is 1. The number of sulfonamides is 1. The summed E-state index contributed by atoms with van der Waals surface area (Å²) >= 11 is 5.77. The van der Waals surface area contributed by atoms with Gasteiger partial charge in [0, 0.05) is 5.02 Å². The quantitative estimate of drug-likeness (QED) is 0.783. The Hall–Kier alpha value is -1.83. The van der Waals surface area contributed by atoms with Crippen LogP contribution in [0.15, 0.2) is 52.0 Å². The van der Waals surface area contributed by atoms with Crippen molar-refractivity contribution in [3.05, 3.63) is 53.4 Å². The molecule has 0 saturated carbocycles. The van der Waals surface area contributed by atoms with E-state index in [0.29, 0.717) is 10.8 Å². The largest absolute Gasteiger partial charge is 0.467 e. The van der Waals surface area contributed by atoms with Crippen LogP contribution in [0, 0.1) is 5.92 Å². The summed E-state index contributed by atoms with van der Waals surface area (Å²) in [6, 6.07) is 8.29. The van der Waals surface area contributed by atoms with Crippen LogP contribution in [-0.2, 0) is 21.4 Å². The lowest BCUT2D eigenvalue weighted by molar-refractivity contribution is -0.123. The minimum Gasteiger partial charge on any atom is -0.467 e. The van der Waals surface area contributed by atoms with Gasteiger partial charge in [0.2, 0.25) is 15.9 Å². The fraction of sp³-hybridized carbons (Fsp3) is 0.312. The molecule has 2 aromatic rings. The van der Waals surface area contributed by atoms with Gasteiger partial charge in [-0.3, -0.25) is 4.79 Å². The molecule has 0 unspecified atom stereocenters. The van der Waals surface area contributed by atoms with Gasteiger partial charge in [0.05, 0.1) is 17.7 Å². The summed E-state index contributed by atoms with van der Waals surface area (Å²) in [4.78, 5) is 12.4. The first-order valence-corrected chi connectivity index (χ1v) is 9.23. The third-order valence-corrected chi connectivity index (χ3v) is 5.08. The Bertz CT molecular complexity index is 771. The Kier molecular flexibility index (Phi) is 6.04. The second-order valence-corrected chi connectivity index (χ2v) is 7.74. The van der Waals surface area contributed by atoms with E-state index < -0.39 is 22.0 Å². The van der Waals surface area contributed by atoms with Crippen LogP contribution in [0.25, 0.3) is 0 Å². The van der Waals surface area contributed by atoms with Crippen molar-refractivity contribution in [1.29, 1.82) is 0 Å². The monoisotopic (exact) mass is 370 g/mol. The molecule has 1 amide bonds. The molecule has 0 aliphatic heterocycles. The number of rotatable bonds is 7. The highest BCUT2D eigenvalue weighted by atomic mass is 35.5. The molecular weight excluding hydrogens is 352 g/mol. The van der Waals surface area contributed by atoms with Gasteiger partial charge in [-0.2, -0.15) is 4.72 Å². The van der Waals surface area contributed by atoms with E-state index in [-0.39, 0.29) is 17.4 Å². The van der Waals surface area contributed by atoms with E-state index in [0.717, 1.165) is 0 Å². The zero-order valence-electron chi connectivity index (χ0n) is 13.3. The van der Waals surface area contributed by atoms with Crippen molar-refractivity contribution >= 4 is 27.5 Å². The minimum absolute atomic E-state index is 0.0522. The lowest BCUT2D eigenvalue weighted by atomic mass is 10.1. The van der Waals surface area contributed by atoms with Gasteiger partial charge in [-0.1, -0.05) is 25.4 Å². The number of hydrogen-bond acceptors (Lipinski definition) is 4. The van der Waals surface area contributed by atoms with Gasteiger partial charge in [0.1, 0.15) is 11.8 Å². The molecule has 8 heteroatoms. The fourth-order valence-corrected chi connectivity index (χ4v) is 3.51. The molecule has 1 aromatic heterocycles. The molecule has 0 aliphatic rings. The standard InChI is InChI=1S/C16H19ClN2O4S/c1-11(2)15(16(20)18-10-13-4-3-9-23-13)19-24(21,22)14-7-5-12(17)6-8-14/h3-9,11,15,19H,10H2,1-2H3,(H,18,20)/t15-/m0/s1. The smallest absolute Gasteiger partial charge is 0.241 e. The molecule has 0 saturated heterocycles. The maximum atomic E-state index is 12.4. The van der Waals surface area contributed by atoms with Crippen molar-refractivity contribution in [1.82, 2.24) is 10.0 Å². The van der Waals surface area contributed by atoms with Crippen LogP contribution in [0.3, 0.4) is 0 Å². The van der Waals surface area contributed by atoms with E-state index in [4.69, 9.17) is 16.0 Å². The SMILES string of the molecule is CC(C)[C@H](NS(=O)(=O)c1ccc(Cl)cc1)C(=O)NCc1ccco1. The second kappa shape index (κ2) is 7.83. The summed E-state index contributed by atoms with van der Waals surface area (Å²) in [5.74, 6) is -0.0611. The van der Waals surface area contributed by atoms with E-state index >= 15 is 0 Å². The molecule has 0 radical (unpaired) electrons. The van der Waals surface area contributed by atoms with Gasteiger partial charge in [-0.25, -0.2) is 8.42 Å². The number of amides is 1. The van der Waals surface area contributed by atoms with Crippen molar-refractivity contribution in [3.8, 4) is 0 Å². The van der Waals surface area contributed by atoms with Gasteiger partial charge in [0.25, 0.3) is 0 Å². The highest BCUT2D eigenvalue weighted by Gasteiger charge is 2.28. The van der Waals surface area contributed by atoms with Gasteiger partial charge < -0.3 is 9.73 Å². The van der Waals surface area contributed by atoms with E-state index in [1.807, 2.05) is 0 Å². The zero-order chi connectivity index (χ0) is 17.7. The Morgan fingerprint density at radius 3 is 2.42 bits per heavy atom. The number of carbonyl (C=O) groups excluding carboxylic acids is 1. The number of nitrogens with one attached hydrogen (secondary N) is 2. The van der Waals surface area contributed by atoms with Crippen molar-refractivity contribution in [2.45, 2.75) is 31.3 Å². The third kappa shape index (κ3) is 4.83. The molecular formula is C16H19ClN2O4S. The molecule has 1 heterocycles. The average molecular weight is 371 g/mol. The lowest BCUT2D eigenvalue weighted by Gasteiger charge is -2.21. The number of hydrogen-bond donors (Lipinski definition) is 2. The van der Waals surface area contributed by atoms with Gasteiger partial charge >= 0.3 is 0 Å². The van der Waals surface area contributed by atoms with Crippen LogP contribution in [0.5, 0.6) is 0 Å². The van der Waals surface area contributed by atoms with Crippen LogP contribution in [0.2, 0.25) is 5.02 Å². The Labute approximate surface area is 146 Å². The van der Waals surface area contributed by atoms with Crippen molar-refractivity contribution in [2.24, 2.45) is 5.92 Å². The number of carbonyl (C=O) groups is 1. The summed E-state index contributed by atoms with van der Waals surface area (Å²) in [7, 11) is -3.83.